The van der Waals surface area contributed by atoms with Crippen LogP contribution in [0.1, 0.15) is 37.7 Å². The zero-order chi connectivity index (χ0) is 21.7. The third-order valence-corrected chi connectivity index (χ3v) is 6.75. The molecule has 0 saturated carbocycles. The van der Waals surface area contributed by atoms with Gasteiger partial charge in [-0.05, 0) is 69.8 Å². The van der Waals surface area contributed by atoms with Crippen molar-refractivity contribution < 1.29 is 18.7 Å². The first kappa shape index (κ1) is 22.5. The molecule has 2 fully saturated rings. The Morgan fingerprint density at radius 2 is 1.90 bits per heavy atom. The molecule has 166 valence electrons. The fourth-order valence-corrected chi connectivity index (χ4v) is 4.54. The van der Waals surface area contributed by atoms with Crippen molar-refractivity contribution >= 4 is 17.6 Å². The van der Waals surface area contributed by atoms with E-state index in [1.807, 2.05) is 0 Å². The number of methoxy groups -OCH3 is 1. The average Bonchev–Trinajstić information content (AvgIpc) is 2.75. The summed E-state index contributed by atoms with van der Waals surface area (Å²) in [6.45, 7) is 5.23. The summed E-state index contributed by atoms with van der Waals surface area (Å²) in [5.74, 6) is -0.549. The Morgan fingerprint density at radius 3 is 2.47 bits per heavy atom. The highest BCUT2D eigenvalue weighted by atomic mass is 19.1. The average molecular weight is 421 g/mol. The van der Waals surface area contributed by atoms with Crippen LogP contribution in [0.25, 0.3) is 0 Å². The highest BCUT2D eigenvalue weighted by Crippen LogP contribution is 2.36. The highest BCUT2D eigenvalue weighted by molar-refractivity contribution is 5.89. The molecule has 2 saturated heterocycles. The Morgan fingerprint density at radius 1 is 1.23 bits per heavy atom. The van der Waals surface area contributed by atoms with E-state index in [-0.39, 0.29) is 17.8 Å². The minimum Gasteiger partial charge on any atom is -0.385 e. The number of nitrogens with two attached hydrogens (primary N) is 1. The number of piperidine rings is 2. The standard InChI is InChI=1S/C22H33FN4O3/c1-16-3-4-17(15-19(16)23)25-21(29)27-10-5-18(6-11-27)26-12-7-22(8-13-26,20(24)28)9-14-30-2/h3-4,15,18H,5-14H2,1-2H3,(H2,24,28)(H,25,29). The van der Waals surface area contributed by atoms with Crippen molar-refractivity contribution in [2.75, 3.05) is 45.2 Å². The van der Waals surface area contributed by atoms with Crippen molar-refractivity contribution in [1.29, 1.82) is 0 Å². The molecule has 8 heteroatoms. The fraction of sp³-hybridized carbons (Fsp3) is 0.636. The second-order valence-electron chi connectivity index (χ2n) is 8.54. The maximum atomic E-state index is 13.7. The van der Waals surface area contributed by atoms with Crippen molar-refractivity contribution in [3.63, 3.8) is 0 Å². The Kier molecular flexibility index (Phi) is 7.31. The number of hydrogen-bond donors (Lipinski definition) is 2. The van der Waals surface area contributed by atoms with E-state index in [2.05, 4.69) is 10.2 Å². The van der Waals surface area contributed by atoms with Crippen molar-refractivity contribution in [3.05, 3.63) is 29.6 Å². The number of urea groups is 1. The van der Waals surface area contributed by atoms with Crippen molar-refractivity contribution in [2.24, 2.45) is 11.1 Å². The summed E-state index contributed by atoms with van der Waals surface area (Å²) >= 11 is 0. The molecule has 7 nitrogen and oxygen atoms in total. The number of nitrogens with zero attached hydrogens (tertiary/aromatic N) is 2. The zero-order valence-corrected chi connectivity index (χ0v) is 18.0. The van der Waals surface area contributed by atoms with Crippen molar-refractivity contribution in [2.45, 2.75) is 45.1 Å². The third kappa shape index (κ3) is 5.10. The van der Waals surface area contributed by atoms with Crippen LogP contribution in [0.5, 0.6) is 0 Å². The molecule has 0 spiro atoms. The summed E-state index contributed by atoms with van der Waals surface area (Å²) in [6, 6.07) is 4.93. The van der Waals surface area contributed by atoms with Gasteiger partial charge in [0.15, 0.2) is 0 Å². The zero-order valence-electron chi connectivity index (χ0n) is 18.0. The number of anilines is 1. The molecule has 0 aromatic heterocycles. The second-order valence-corrected chi connectivity index (χ2v) is 8.54. The number of benzene rings is 1. The molecule has 2 aliphatic rings. The molecule has 2 heterocycles. The van der Waals surface area contributed by atoms with Gasteiger partial charge in [-0.15, -0.1) is 0 Å². The van der Waals surface area contributed by atoms with Gasteiger partial charge in [-0.3, -0.25) is 4.79 Å². The number of aryl methyl sites for hydroxylation is 1. The molecule has 0 bridgehead atoms. The van der Waals surface area contributed by atoms with E-state index in [9.17, 15) is 14.0 Å². The molecule has 3 N–H and O–H groups in total. The van der Waals surface area contributed by atoms with Crippen LogP contribution in [0.3, 0.4) is 0 Å². The predicted octanol–water partition coefficient (Wildman–Crippen LogP) is 2.73. The smallest absolute Gasteiger partial charge is 0.321 e. The van der Waals surface area contributed by atoms with Gasteiger partial charge in [0.1, 0.15) is 5.82 Å². The highest BCUT2D eigenvalue weighted by Gasteiger charge is 2.41. The van der Waals surface area contributed by atoms with Crippen molar-refractivity contribution in [1.82, 2.24) is 9.80 Å². The van der Waals surface area contributed by atoms with Gasteiger partial charge in [0, 0.05) is 38.5 Å². The van der Waals surface area contributed by atoms with E-state index in [0.717, 1.165) is 38.8 Å². The lowest BCUT2D eigenvalue weighted by atomic mass is 9.74. The van der Waals surface area contributed by atoms with Crippen LogP contribution in [0.2, 0.25) is 0 Å². The maximum Gasteiger partial charge on any atom is 0.321 e. The molecular weight excluding hydrogens is 387 g/mol. The summed E-state index contributed by atoms with van der Waals surface area (Å²) in [5, 5.41) is 2.79. The molecule has 0 atom stereocenters. The molecular formula is C22H33FN4O3. The predicted molar refractivity (Wildman–Crippen MR) is 114 cm³/mol. The SMILES string of the molecule is COCCC1(C(N)=O)CCN(C2CCN(C(=O)Nc3ccc(C)c(F)c3)CC2)CC1. The third-order valence-electron chi connectivity index (χ3n) is 6.75. The number of amides is 3. The number of hydrogen-bond acceptors (Lipinski definition) is 4. The summed E-state index contributed by atoms with van der Waals surface area (Å²) in [4.78, 5) is 28.8. The minimum absolute atomic E-state index is 0.192. The quantitative estimate of drug-likeness (QED) is 0.741. The first-order valence-electron chi connectivity index (χ1n) is 10.7. The van der Waals surface area contributed by atoms with Crippen LogP contribution in [0, 0.1) is 18.2 Å². The first-order valence-corrected chi connectivity index (χ1v) is 10.7. The summed E-state index contributed by atoms with van der Waals surface area (Å²) < 4.78 is 18.9. The van der Waals surface area contributed by atoms with Crippen LogP contribution >= 0.6 is 0 Å². The lowest BCUT2D eigenvalue weighted by Crippen LogP contribution is -2.53. The number of carbonyl (C=O) groups is 2. The van der Waals surface area contributed by atoms with E-state index < -0.39 is 5.41 Å². The van der Waals surface area contributed by atoms with E-state index in [1.165, 1.54) is 6.07 Å². The second kappa shape index (κ2) is 9.75. The Labute approximate surface area is 177 Å². The molecule has 2 aliphatic heterocycles. The van der Waals surface area contributed by atoms with Gasteiger partial charge >= 0.3 is 6.03 Å². The Balaban J connectivity index is 1.48. The van der Waals surface area contributed by atoms with E-state index in [1.54, 1.807) is 31.1 Å². The van der Waals surface area contributed by atoms with Crippen LogP contribution in [0.4, 0.5) is 14.9 Å². The van der Waals surface area contributed by atoms with Gasteiger partial charge in [-0.2, -0.15) is 0 Å². The fourth-order valence-electron chi connectivity index (χ4n) is 4.54. The molecule has 0 radical (unpaired) electrons. The van der Waals surface area contributed by atoms with Gasteiger partial charge in [0.05, 0.1) is 5.41 Å². The molecule has 3 rings (SSSR count). The number of ether oxygens (including phenoxy) is 1. The van der Waals surface area contributed by atoms with Gasteiger partial charge < -0.3 is 25.6 Å². The van der Waals surface area contributed by atoms with Gasteiger partial charge in [-0.1, -0.05) is 6.07 Å². The van der Waals surface area contributed by atoms with Crippen molar-refractivity contribution in [3.8, 4) is 0 Å². The molecule has 30 heavy (non-hydrogen) atoms. The minimum atomic E-state index is -0.462. The topological polar surface area (TPSA) is 87.9 Å². The molecule has 0 aliphatic carbocycles. The lowest BCUT2D eigenvalue weighted by molar-refractivity contribution is -0.132. The molecule has 1 aromatic rings. The Bertz CT molecular complexity index is 757. The number of carbonyl (C=O) groups excluding carboxylic acids is 2. The van der Waals surface area contributed by atoms with E-state index in [4.69, 9.17) is 10.5 Å². The van der Waals surface area contributed by atoms with E-state index in [0.29, 0.717) is 43.4 Å². The molecule has 0 unspecified atom stereocenters. The first-order chi connectivity index (χ1) is 14.3. The number of primary amides is 1. The van der Waals surface area contributed by atoms with Gasteiger partial charge in [0.2, 0.25) is 5.91 Å². The van der Waals surface area contributed by atoms with Crippen LogP contribution < -0.4 is 11.1 Å². The lowest BCUT2D eigenvalue weighted by Gasteiger charge is -2.45. The van der Waals surface area contributed by atoms with Crippen LogP contribution in [0.15, 0.2) is 18.2 Å². The van der Waals surface area contributed by atoms with E-state index >= 15 is 0 Å². The van der Waals surface area contributed by atoms with Crippen LogP contribution in [-0.2, 0) is 9.53 Å². The normalized spacial score (nSPS) is 20.2. The number of likely N-dealkylation sites (tertiary alicyclic amines) is 2. The number of rotatable bonds is 6. The monoisotopic (exact) mass is 420 g/mol. The molecule has 1 aromatic carbocycles. The van der Waals surface area contributed by atoms with Crippen LogP contribution in [-0.4, -0.2) is 67.7 Å². The van der Waals surface area contributed by atoms with Gasteiger partial charge in [-0.25, -0.2) is 9.18 Å². The summed E-state index contributed by atoms with van der Waals surface area (Å²) in [6.07, 6.45) is 3.95. The summed E-state index contributed by atoms with van der Waals surface area (Å²) in [7, 11) is 1.64. The number of nitrogens with one attached hydrogen (secondary N) is 1. The number of halogens is 1. The maximum absolute atomic E-state index is 13.7. The summed E-state index contributed by atoms with van der Waals surface area (Å²) in [5.41, 5.74) is 6.28. The molecule has 3 amide bonds. The van der Waals surface area contributed by atoms with Gasteiger partial charge in [0.25, 0.3) is 0 Å². The Hall–Kier alpha value is -2.19. The largest absolute Gasteiger partial charge is 0.385 e.